The molecule has 0 radical (unpaired) electrons. The first kappa shape index (κ1) is 15.4. The zero-order chi connectivity index (χ0) is 14.8. The number of aliphatic hydroxyl groups is 1. The van der Waals surface area contributed by atoms with Crippen LogP contribution in [0.3, 0.4) is 0 Å². The second kappa shape index (κ2) is 5.81. The second-order valence-corrected chi connectivity index (χ2v) is 7.59. The van der Waals surface area contributed by atoms with Crippen molar-refractivity contribution >= 4 is 10.0 Å². The Morgan fingerprint density at radius 2 is 2.00 bits per heavy atom. The summed E-state index contributed by atoms with van der Waals surface area (Å²) in [7, 11) is -2.06. The molecule has 0 aliphatic heterocycles. The molecule has 1 aliphatic rings. The second-order valence-electron chi connectivity index (χ2n) is 5.54. The first-order valence-electron chi connectivity index (χ1n) is 6.85. The van der Waals surface area contributed by atoms with Crippen molar-refractivity contribution < 1.29 is 13.5 Å². The topological polar surface area (TPSA) is 83.6 Å². The Hall–Kier alpha value is -0.950. The van der Waals surface area contributed by atoms with E-state index in [2.05, 4.69) is 0 Å². The summed E-state index contributed by atoms with van der Waals surface area (Å²) in [5.74, 6) is 0. The van der Waals surface area contributed by atoms with E-state index in [9.17, 15) is 13.5 Å². The molecule has 1 saturated carbocycles. The van der Waals surface area contributed by atoms with Crippen LogP contribution in [0.25, 0.3) is 0 Å². The van der Waals surface area contributed by atoms with Gasteiger partial charge in [-0.25, -0.2) is 8.42 Å². The highest BCUT2D eigenvalue weighted by Gasteiger charge is 2.35. The third-order valence-corrected chi connectivity index (χ3v) is 5.69. The van der Waals surface area contributed by atoms with E-state index in [1.54, 1.807) is 24.3 Å². The summed E-state index contributed by atoms with van der Waals surface area (Å²) in [5, 5.41) is 10.3. The number of likely N-dealkylation sites (N-methyl/N-ethyl adjacent to an activating group) is 1. The highest BCUT2D eigenvalue weighted by Crippen LogP contribution is 2.31. The Labute approximate surface area is 120 Å². The van der Waals surface area contributed by atoms with Crippen molar-refractivity contribution in [3.05, 3.63) is 29.8 Å². The van der Waals surface area contributed by atoms with Crippen LogP contribution in [0.15, 0.2) is 29.2 Å². The molecule has 0 unspecified atom stereocenters. The molecule has 0 saturated heterocycles. The van der Waals surface area contributed by atoms with Gasteiger partial charge in [-0.2, -0.15) is 4.31 Å². The predicted molar refractivity (Wildman–Crippen MR) is 77.6 cm³/mol. The van der Waals surface area contributed by atoms with E-state index >= 15 is 0 Å². The first-order valence-corrected chi connectivity index (χ1v) is 8.29. The number of nitrogens with zero attached hydrogens (tertiary/aromatic N) is 1. The average molecular weight is 298 g/mol. The minimum atomic E-state index is -3.58. The van der Waals surface area contributed by atoms with Crippen LogP contribution < -0.4 is 5.73 Å². The fourth-order valence-corrected chi connectivity index (χ4v) is 4.02. The van der Waals surface area contributed by atoms with Gasteiger partial charge in [-0.05, 0) is 30.5 Å². The molecular weight excluding hydrogens is 276 g/mol. The van der Waals surface area contributed by atoms with Gasteiger partial charge in [0.1, 0.15) is 0 Å². The molecule has 0 bridgehead atoms. The minimum absolute atomic E-state index is 0.141. The first-order chi connectivity index (χ1) is 9.37. The molecule has 0 spiro atoms. The van der Waals surface area contributed by atoms with Crippen molar-refractivity contribution in [3.63, 3.8) is 0 Å². The lowest BCUT2D eigenvalue weighted by Crippen LogP contribution is -2.42. The third-order valence-electron chi connectivity index (χ3n) is 3.89. The lowest BCUT2D eigenvalue weighted by Gasteiger charge is -2.28. The summed E-state index contributed by atoms with van der Waals surface area (Å²) in [6.45, 7) is 0.444. The lowest BCUT2D eigenvalue weighted by atomic mass is 10.0. The van der Waals surface area contributed by atoms with Crippen LogP contribution in [-0.4, -0.2) is 37.0 Å². The van der Waals surface area contributed by atoms with Gasteiger partial charge in [0.05, 0.1) is 10.5 Å². The fourth-order valence-electron chi connectivity index (χ4n) is 2.70. The SMILES string of the molecule is CN(CC1(O)CCCC1)S(=O)(=O)c1cccc(CN)c1. The smallest absolute Gasteiger partial charge is 0.242 e. The molecule has 5 nitrogen and oxygen atoms in total. The van der Waals surface area contributed by atoms with Crippen LogP contribution in [0.2, 0.25) is 0 Å². The van der Waals surface area contributed by atoms with E-state index < -0.39 is 15.6 Å². The number of hydrogen-bond donors (Lipinski definition) is 2. The van der Waals surface area contributed by atoms with Crippen LogP contribution in [0, 0.1) is 0 Å². The van der Waals surface area contributed by atoms with Gasteiger partial charge in [-0.15, -0.1) is 0 Å². The van der Waals surface area contributed by atoms with Gasteiger partial charge in [0, 0.05) is 20.1 Å². The predicted octanol–water partition coefficient (Wildman–Crippen LogP) is 1.07. The van der Waals surface area contributed by atoms with Gasteiger partial charge in [-0.3, -0.25) is 0 Å². The fraction of sp³-hybridized carbons (Fsp3) is 0.571. The molecule has 1 aromatic rings. The van der Waals surface area contributed by atoms with Crippen LogP contribution in [0.5, 0.6) is 0 Å². The van der Waals surface area contributed by atoms with E-state index in [0.717, 1.165) is 18.4 Å². The molecule has 112 valence electrons. The zero-order valence-electron chi connectivity index (χ0n) is 11.7. The summed E-state index contributed by atoms with van der Waals surface area (Å²) in [4.78, 5) is 0.226. The largest absolute Gasteiger partial charge is 0.389 e. The van der Waals surface area contributed by atoms with Gasteiger partial charge in [0.2, 0.25) is 10.0 Å². The number of sulfonamides is 1. The van der Waals surface area contributed by atoms with Crippen molar-refractivity contribution in [2.75, 3.05) is 13.6 Å². The monoisotopic (exact) mass is 298 g/mol. The number of rotatable bonds is 5. The van der Waals surface area contributed by atoms with Crippen LogP contribution in [0.4, 0.5) is 0 Å². The lowest BCUT2D eigenvalue weighted by molar-refractivity contribution is 0.0333. The Morgan fingerprint density at radius 1 is 1.35 bits per heavy atom. The summed E-state index contributed by atoms with van der Waals surface area (Å²) < 4.78 is 26.3. The van der Waals surface area contributed by atoms with E-state index in [1.807, 2.05) is 0 Å². The molecule has 20 heavy (non-hydrogen) atoms. The molecule has 0 heterocycles. The van der Waals surface area contributed by atoms with E-state index in [4.69, 9.17) is 5.73 Å². The maximum Gasteiger partial charge on any atom is 0.242 e. The Kier molecular flexibility index (Phi) is 4.49. The molecule has 1 aliphatic carbocycles. The maximum absolute atomic E-state index is 12.5. The molecule has 1 aromatic carbocycles. The molecule has 0 amide bonds. The van der Waals surface area contributed by atoms with E-state index in [1.165, 1.54) is 11.4 Å². The molecule has 2 rings (SSSR count). The molecule has 3 N–H and O–H groups in total. The van der Waals surface area contributed by atoms with Crippen LogP contribution in [-0.2, 0) is 16.6 Å². The third kappa shape index (κ3) is 3.20. The number of hydrogen-bond acceptors (Lipinski definition) is 4. The normalized spacial score (nSPS) is 18.6. The average Bonchev–Trinajstić information content (AvgIpc) is 2.85. The molecular formula is C14H22N2O3S. The number of benzene rings is 1. The maximum atomic E-state index is 12.5. The minimum Gasteiger partial charge on any atom is -0.389 e. The van der Waals surface area contributed by atoms with E-state index in [-0.39, 0.29) is 11.4 Å². The van der Waals surface area contributed by atoms with E-state index in [0.29, 0.717) is 19.4 Å². The Morgan fingerprint density at radius 3 is 2.60 bits per heavy atom. The molecule has 0 aromatic heterocycles. The molecule has 1 fully saturated rings. The van der Waals surface area contributed by atoms with Gasteiger partial charge >= 0.3 is 0 Å². The molecule has 0 atom stereocenters. The van der Waals surface area contributed by atoms with Crippen molar-refractivity contribution in [2.45, 2.75) is 42.7 Å². The quantitative estimate of drug-likeness (QED) is 0.852. The van der Waals surface area contributed by atoms with Gasteiger partial charge in [-0.1, -0.05) is 25.0 Å². The van der Waals surface area contributed by atoms with Crippen molar-refractivity contribution in [2.24, 2.45) is 5.73 Å². The Balaban J connectivity index is 2.20. The van der Waals surface area contributed by atoms with Gasteiger partial charge in [0.15, 0.2) is 0 Å². The number of nitrogens with two attached hydrogens (primary N) is 1. The Bertz CT molecular complexity index is 566. The highest BCUT2D eigenvalue weighted by molar-refractivity contribution is 7.89. The summed E-state index contributed by atoms with van der Waals surface area (Å²) in [6, 6.07) is 6.63. The van der Waals surface area contributed by atoms with Crippen molar-refractivity contribution in [3.8, 4) is 0 Å². The summed E-state index contributed by atoms with van der Waals surface area (Å²) in [6.07, 6.45) is 3.23. The standard InChI is InChI=1S/C14H22N2O3S/c1-16(11-14(17)7-2-3-8-14)20(18,19)13-6-4-5-12(9-13)10-15/h4-6,9,17H,2-3,7-8,10-11,15H2,1H3. The highest BCUT2D eigenvalue weighted by atomic mass is 32.2. The molecule has 6 heteroatoms. The van der Waals surface area contributed by atoms with Crippen molar-refractivity contribution in [1.82, 2.24) is 4.31 Å². The van der Waals surface area contributed by atoms with Crippen molar-refractivity contribution in [1.29, 1.82) is 0 Å². The van der Waals surface area contributed by atoms with Gasteiger partial charge < -0.3 is 10.8 Å². The van der Waals surface area contributed by atoms with Crippen LogP contribution >= 0.6 is 0 Å². The van der Waals surface area contributed by atoms with Crippen LogP contribution in [0.1, 0.15) is 31.2 Å². The van der Waals surface area contributed by atoms with Gasteiger partial charge in [0.25, 0.3) is 0 Å². The zero-order valence-corrected chi connectivity index (χ0v) is 12.6. The summed E-state index contributed by atoms with van der Waals surface area (Å²) >= 11 is 0. The summed E-state index contributed by atoms with van der Waals surface area (Å²) in [5.41, 5.74) is 5.44.